The van der Waals surface area contributed by atoms with Crippen LogP contribution in [0.4, 0.5) is 5.95 Å². The number of unbranched alkanes of at least 4 members (excludes halogenated alkanes) is 4. The molecule has 0 fully saturated rings. The van der Waals surface area contributed by atoms with Gasteiger partial charge in [0.05, 0.1) is 25.0 Å². The molecule has 3 N–H and O–H groups in total. The number of hydrogen-bond donors (Lipinski definition) is 2. The van der Waals surface area contributed by atoms with Crippen LogP contribution >= 0.6 is 15.9 Å². The highest BCUT2D eigenvalue weighted by Gasteiger charge is 2.09. The summed E-state index contributed by atoms with van der Waals surface area (Å²) in [4.78, 5) is 16.8. The minimum absolute atomic E-state index is 0.0552. The fourth-order valence-electron chi connectivity index (χ4n) is 4.72. The maximum atomic E-state index is 12.5. The van der Waals surface area contributed by atoms with Crippen LogP contribution in [-0.4, -0.2) is 37.0 Å². The number of nitrogens with zero attached hydrogens (tertiary/aromatic N) is 5. The van der Waals surface area contributed by atoms with Crippen LogP contribution in [0.5, 0.6) is 0 Å². The Bertz CT molecular complexity index is 1330. The third kappa shape index (κ3) is 9.05. The molecule has 212 valence electrons. The number of amides is 1. The van der Waals surface area contributed by atoms with Crippen molar-refractivity contribution in [2.75, 3.05) is 12.3 Å². The minimum Gasteiger partial charge on any atom is -0.369 e. The third-order valence-corrected chi connectivity index (χ3v) is 7.62. The van der Waals surface area contributed by atoms with Gasteiger partial charge in [-0.3, -0.25) is 9.48 Å². The average molecular weight is 607 g/mol. The summed E-state index contributed by atoms with van der Waals surface area (Å²) in [7, 11) is 0. The number of imidazole rings is 1. The van der Waals surface area contributed by atoms with Crippen molar-refractivity contribution in [1.29, 1.82) is 0 Å². The molecule has 4 rings (SSSR count). The standard InChI is InChI=1S/C31H40BrN7O/c1-2-3-5-8-24-11-15-26(16-12-24)30(40)34-19-20-38-23-28(36-37-38)9-6-4-7-10-29-21-35-31(33)39(29)22-25-13-17-27(32)18-14-25/h11-18,21,23H,2-10,19-20,22H2,1H3,(H2,33,35)(H,34,40). The predicted octanol–water partition coefficient (Wildman–Crippen LogP) is 5.99. The van der Waals surface area contributed by atoms with Gasteiger partial charge in [-0.2, -0.15) is 0 Å². The molecule has 9 heteroatoms. The molecule has 1 amide bonds. The highest BCUT2D eigenvalue weighted by atomic mass is 79.9. The summed E-state index contributed by atoms with van der Waals surface area (Å²) in [6.45, 7) is 4.04. The van der Waals surface area contributed by atoms with Gasteiger partial charge in [-0.05, 0) is 73.9 Å². The van der Waals surface area contributed by atoms with Gasteiger partial charge in [-0.15, -0.1) is 5.10 Å². The molecule has 2 heterocycles. The van der Waals surface area contributed by atoms with Gasteiger partial charge >= 0.3 is 0 Å². The first-order valence-corrected chi connectivity index (χ1v) is 15.1. The van der Waals surface area contributed by atoms with Crippen molar-refractivity contribution in [2.24, 2.45) is 0 Å². The topological polar surface area (TPSA) is 104 Å². The molecule has 2 aromatic carbocycles. The molecule has 0 aliphatic heterocycles. The van der Waals surface area contributed by atoms with E-state index >= 15 is 0 Å². The van der Waals surface area contributed by atoms with Gasteiger partial charge in [-0.1, -0.05) is 71.6 Å². The summed E-state index contributed by atoms with van der Waals surface area (Å²) in [5.41, 5.74) is 11.5. The van der Waals surface area contributed by atoms with Crippen LogP contribution in [0.2, 0.25) is 0 Å². The van der Waals surface area contributed by atoms with Crippen LogP contribution in [-0.2, 0) is 32.4 Å². The molecule has 0 saturated carbocycles. The minimum atomic E-state index is -0.0552. The Morgan fingerprint density at radius 2 is 1.65 bits per heavy atom. The van der Waals surface area contributed by atoms with E-state index in [1.165, 1.54) is 30.4 Å². The summed E-state index contributed by atoms with van der Waals surface area (Å²) in [6.07, 6.45) is 13.6. The normalized spacial score (nSPS) is 11.2. The molecule has 0 saturated heterocycles. The lowest BCUT2D eigenvalue weighted by Gasteiger charge is -2.10. The van der Waals surface area contributed by atoms with Crippen molar-refractivity contribution in [3.05, 3.63) is 93.5 Å². The van der Waals surface area contributed by atoms with E-state index in [1.807, 2.05) is 36.7 Å². The van der Waals surface area contributed by atoms with E-state index < -0.39 is 0 Å². The van der Waals surface area contributed by atoms with Gasteiger partial charge in [-0.25, -0.2) is 4.98 Å². The van der Waals surface area contributed by atoms with Crippen molar-refractivity contribution in [3.63, 3.8) is 0 Å². The average Bonchev–Trinajstić information content (AvgIpc) is 3.56. The number of halogens is 1. The second kappa shape index (κ2) is 15.4. The zero-order chi connectivity index (χ0) is 28.2. The first kappa shape index (κ1) is 29.5. The molecule has 0 aliphatic carbocycles. The van der Waals surface area contributed by atoms with Gasteiger partial charge in [0.15, 0.2) is 0 Å². The van der Waals surface area contributed by atoms with Crippen LogP contribution in [0.25, 0.3) is 0 Å². The molecular formula is C31H40BrN7O. The summed E-state index contributed by atoms with van der Waals surface area (Å²) < 4.78 is 4.96. The quantitative estimate of drug-likeness (QED) is 0.153. The van der Waals surface area contributed by atoms with Crippen LogP contribution < -0.4 is 11.1 Å². The van der Waals surface area contributed by atoms with Gasteiger partial charge in [0.25, 0.3) is 5.91 Å². The summed E-state index contributed by atoms with van der Waals surface area (Å²) in [6, 6.07) is 16.2. The fraction of sp³-hybridized carbons (Fsp3) is 0.419. The van der Waals surface area contributed by atoms with E-state index in [2.05, 4.69) is 72.3 Å². The van der Waals surface area contributed by atoms with E-state index in [0.29, 0.717) is 24.6 Å². The number of aromatic nitrogens is 5. The van der Waals surface area contributed by atoms with Crippen molar-refractivity contribution in [2.45, 2.75) is 77.8 Å². The van der Waals surface area contributed by atoms with Crippen molar-refractivity contribution in [3.8, 4) is 0 Å². The molecule has 0 bridgehead atoms. The number of benzene rings is 2. The summed E-state index contributed by atoms with van der Waals surface area (Å²) in [5, 5.41) is 11.5. The molecule has 4 aromatic rings. The van der Waals surface area contributed by atoms with Crippen molar-refractivity contribution < 1.29 is 4.79 Å². The number of rotatable bonds is 16. The maximum absolute atomic E-state index is 12.5. The Hall–Kier alpha value is -3.46. The number of carbonyl (C=O) groups is 1. The van der Waals surface area contributed by atoms with Gasteiger partial charge in [0.2, 0.25) is 5.95 Å². The zero-order valence-corrected chi connectivity index (χ0v) is 24.9. The fourth-order valence-corrected chi connectivity index (χ4v) is 4.99. The lowest BCUT2D eigenvalue weighted by atomic mass is 10.1. The largest absolute Gasteiger partial charge is 0.369 e. The van der Waals surface area contributed by atoms with E-state index in [1.54, 1.807) is 4.68 Å². The molecule has 8 nitrogen and oxygen atoms in total. The number of carbonyl (C=O) groups excluding carboxylic acids is 1. The highest BCUT2D eigenvalue weighted by molar-refractivity contribution is 9.10. The van der Waals surface area contributed by atoms with Gasteiger partial charge < -0.3 is 15.6 Å². The molecular weight excluding hydrogens is 566 g/mol. The zero-order valence-electron chi connectivity index (χ0n) is 23.4. The maximum Gasteiger partial charge on any atom is 0.251 e. The molecule has 2 aromatic heterocycles. The number of nitrogen functional groups attached to an aromatic ring is 1. The van der Waals surface area contributed by atoms with Gasteiger partial charge in [0, 0.05) is 28.5 Å². The Kier molecular flexibility index (Phi) is 11.3. The molecule has 0 aliphatic rings. The van der Waals surface area contributed by atoms with Crippen LogP contribution in [0.1, 0.15) is 78.3 Å². The second-order valence-corrected chi connectivity index (χ2v) is 11.2. The lowest BCUT2D eigenvalue weighted by Crippen LogP contribution is -2.27. The second-order valence-electron chi connectivity index (χ2n) is 10.3. The first-order chi connectivity index (χ1) is 19.5. The van der Waals surface area contributed by atoms with Gasteiger partial charge in [0.1, 0.15) is 0 Å². The van der Waals surface area contributed by atoms with E-state index in [-0.39, 0.29) is 5.91 Å². The Labute approximate surface area is 245 Å². The van der Waals surface area contributed by atoms with Crippen LogP contribution in [0.15, 0.2) is 65.4 Å². The summed E-state index contributed by atoms with van der Waals surface area (Å²) in [5.74, 6) is 0.502. The molecule has 0 unspecified atom stereocenters. The van der Waals surface area contributed by atoms with Crippen LogP contribution in [0, 0.1) is 0 Å². The Morgan fingerprint density at radius 3 is 2.42 bits per heavy atom. The predicted molar refractivity (Wildman–Crippen MR) is 163 cm³/mol. The Balaban J connectivity index is 1.13. The third-order valence-electron chi connectivity index (χ3n) is 7.09. The number of aryl methyl sites for hydroxylation is 3. The van der Waals surface area contributed by atoms with Crippen molar-refractivity contribution in [1.82, 2.24) is 29.9 Å². The molecule has 0 radical (unpaired) electrons. The number of hydrogen-bond acceptors (Lipinski definition) is 5. The Morgan fingerprint density at radius 1 is 0.925 bits per heavy atom. The van der Waals surface area contributed by atoms with Crippen molar-refractivity contribution >= 4 is 27.8 Å². The SMILES string of the molecule is CCCCCc1ccc(C(=O)NCCn2cc(CCCCCc3cnc(N)n3Cc3ccc(Br)cc3)nn2)cc1. The molecule has 0 spiro atoms. The van der Waals surface area contributed by atoms with Crippen LogP contribution in [0.3, 0.4) is 0 Å². The van der Waals surface area contributed by atoms with E-state index in [4.69, 9.17) is 5.73 Å². The lowest BCUT2D eigenvalue weighted by molar-refractivity contribution is 0.0952. The monoisotopic (exact) mass is 605 g/mol. The van der Waals surface area contributed by atoms with E-state index in [0.717, 1.165) is 60.9 Å². The summed E-state index contributed by atoms with van der Waals surface area (Å²) >= 11 is 3.48. The first-order valence-electron chi connectivity index (χ1n) is 14.3. The number of nitrogens with one attached hydrogen (secondary N) is 1. The number of nitrogens with two attached hydrogens (primary N) is 1. The number of anilines is 1. The highest BCUT2D eigenvalue weighted by Crippen LogP contribution is 2.17. The molecule has 0 atom stereocenters. The smallest absolute Gasteiger partial charge is 0.251 e. The molecule has 40 heavy (non-hydrogen) atoms. The van der Waals surface area contributed by atoms with E-state index in [9.17, 15) is 4.79 Å².